The minimum atomic E-state index is -1.10. The lowest BCUT2D eigenvalue weighted by atomic mass is 10.1. The van der Waals surface area contributed by atoms with Gasteiger partial charge in [0.1, 0.15) is 5.54 Å². The summed E-state index contributed by atoms with van der Waals surface area (Å²) in [6.07, 6.45) is 2.60. The molecule has 0 unspecified atom stereocenters. The molecule has 0 radical (unpaired) electrons. The molecule has 1 amide bonds. The molecule has 22 heavy (non-hydrogen) atoms. The highest BCUT2D eigenvalue weighted by Gasteiger charge is 2.51. The zero-order valence-electron chi connectivity index (χ0n) is 12.8. The highest BCUT2D eigenvalue weighted by Crippen LogP contribution is 2.36. The van der Waals surface area contributed by atoms with Crippen LogP contribution in [-0.4, -0.2) is 37.3 Å². The van der Waals surface area contributed by atoms with Gasteiger partial charge in [-0.05, 0) is 39.7 Å². The predicted octanol–water partition coefficient (Wildman–Crippen LogP) is 1.67. The average molecular weight is 302 g/mol. The molecule has 0 aromatic carbocycles. The second-order valence-electron chi connectivity index (χ2n) is 6.06. The first-order valence-electron chi connectivity index (χ1n) is 7.25. The summed E-state index contributed by atoms with van der Waals surface area (Å²) in [7, 11) is 0. The van der Waals surface area contributed by atoms with E-state index in [1.807, 2.05) is 13.8 Å². The largest absolute Gasteiger partial charge is 0.480 e. The van der Waals surface area contributed by atoms with Crippen molar-refractivity contribution < 1.29 is 14.7 Å². The molecule has 1 fully saturated rings. The predicted molar refractivity (Wildman–Crippen MR) is 79.7 cm³/mol. The summed E-state index contributed by atoms with van der Waals surface area (Å²) >= 11 is 0. The number of aryl methyl sites for hydroxylation is 1. The lowest BCUT2D eigenvalue weighted by molar-refractivity contribution is -0.140. The number of aliphatic carboxylic acids is 1. The van der Waals surface area contributed by atoms with E-state index >= 15 is 0 Å². The summed E-state index contributed by atoms with van der Waals surface area (Å²) in [6, 6.07) is 1.89. The highest BCUT2D eigenvalue weighted by atomic mass is 16.4. The molecule has 3 rings (SSSR count). The molecule has 0 spiro atoms. The zero-order chi connectivity index (χ0) is 16.1. The van der Waals surface area contributed by atoms with Gasteiger partial charge in [-0.2, -0.15) is 5.10 Å². The molecule has 2 aromatic heterocycles. The molecule has 2 N–H and O–H groups in total. The van der Waals surface area contributed by atoms with Gasteiger partial charge < -0.3 is 10.4 Å². The molecule has 2 aromatic rings. The number of carbonyl (C=O) groups is 2. The van der Waals surface area contributed by atoms with E-state index in [0.717, 1.165) is 11.0 Å². The number of fused-ring (bicyclic) bond motifs is 1. The minimum Gasteiger partial charge on any atom is -0.480 e. The Balaban J connectivity index is 1.96. The van der Waals surface area contributed by atoms with Gasteiger partial charge in [0.05, 0.1) is 17.5 Å². The van der Waals surface area contributed by atoms with Gasteiger partial charge >= 0.3 is 5.97 Å². The Kier molecular flexibility index (Phi) is 3.16. The number of rotatable bonds is 4. The Morgan fingerprint density at radius 1 is 1.41 bits per heavy atom. The van der Waals surface area contributed by atoms with Crippen molar-refractivity contribution in [3.8, 4) is 0 Å². The molecule has 1 aliphatic rings. The van der Waals surface area contributed by atoms with E-state index in [-0.39, 0.29) is 6.04 Å². The molecule has 1 aliphatic carbocycles. The van der Waals surface area contributed by atoms with Crippen molar-refractivity contribution >= 4 is 22.9 Å². The van der Waals surface area contributed by atoms with Crippen LogP contribution in [0.15, 0.2) is 12.3 Å². The number of hydrogen-bond donors (Lipinski definition) is 2. The fourth-order valence-corrected chi connectivity index (χ4v) is 2.48. The van der Waals surface area contributed by atoms with Crippen LogP contribution in [0.3, 0.4) is 0 Å². The molecule has 116 valence electrons. The summed E-state index contributed by atoms with van der Waals surface area (Å²) in [5.41, 5.74) is 0.584. The van der Waals surface area contributed by atoms with Crippen molar-refractivity contribution in [3.05, 3.63) is 23.5 Å². The first-order valence-corrected chi connectivity index (χ1v) is 7.25. The molecule has 2 heterocycles. The second kappa shape index (κ2) is 4.79. The fraction of sp³-hybridized carbons (Fsp3) is 0.467. The Morgan fingerprint density at radius 3 is 2.64 bits per heavy atom. The summed E-state index contributed by atoms with van der Waals surface area (Å²) < 4.78 is 1.80. The van der Waals surface area contributed by atoms with Gasteiger partial charge in [-0.15, -0.1) is 0 Å². The van der Waals surface area contributed by atoms with Crippen molar-refractivity contribution in [1.29, 1.82) is 0 Å². The monoisotopic (exact) mass is 302 g/mol. The number of aromatic nitrogens is 3. The van der Waals surface area contributed by atoms with E-state index in [2.05, 4.69) is 15.4 Å². The second-order valence-corrected chi connectivity index (χ2v) is 6.06. The Bertz CT molecular complexity index is 774. The SMILES string of the molecule is Cc1nc2c(cnn2C(C)C)cc1C(=O)NC1(C(=O)O)CC1. The molecule has 1 saturated carbocycles. The Morgan fingerprint density at radius 2 is 2.09 bits per heavy atom. The number of carbonyl (C=O) groups excluding carboxylic acids is 1. The first-order chi connectivity index (χ1) is 10.3. The number of nitrogens with zero attached hydrogens (tertiary/aromatic N) is 3. The van der Waals surface area contributed by atoms with E-state index in [4.69, 9.17) is 5.11 Å². The molecular formula is C15H18N4O3. The first kappa shape index (κ1) is 14.5. The minimum absolute atomic E-state index is 0.172. The third-order valence-corrected chi connectivity index (χ3v) is 4.01. The third-order valence-electron chi connectivity index (χ3n) is 4.01. The van der Waals surface area contributed by atoms with Crippen LogP contribution in [0.25, 0.3) is 11.0 Å². The third kappa shape index (κ3) is 2.22. The maximum atomic E-state index is 12.4. The summed E-state index contributed by atoms with van der Waals surface area (Å²) in [5.74, 6) is -1.38. The van der Waals surface area contributed by atoms with Crippen LogP contribution >= 0.6 is 0 Å². The van der Waals surface area contributed by atoms with Crippen LogP contribution in [0.1, 0.15) is 48.8 Å². The van der Waals surface area contributed by atoms with E-state index in [1.54, 1.807) is 23.9 Å². The van der Waals surface area contributed by atoms with Crippen LogP contribution in [-0.2, 0) is 4.79 Å². The van der Waals surface area contributed by atoms with Gasteiger partial charge in [-0.3, -0.25) is 4.79 Å². The molecule has 0 saturated heterocycles. The molecule has 7 heteroatoms. The molecule has 0 atom stereocenters. The molecule has 0 bridgehead atoms. The summed E-state index contributed by atoms with van der Waals surface area (Å²) in [4.78, 5) is 28.0. The highest BCUT2D eigenvalue weighted by molar-refractivity contribution is 6.01. The molecule has 7 nitrogen and oxygen atoms in total. The van der Waals surface area contributed by atoms with Crippen LogP contribution in [0, 0.1) is 6.92 Å². The quantitative estimate of drug-likeness (QED) is 0.895. The standard InChI is InChI=1S/C15H18N4O3/c1-8(2)19-12-10(7-16-19)6-11(9(3)17-12)13(20)18-15(4-5-15)14(21)22/h6-8H,4-5H2,1-3H3,(H,18,20)(H,21,22). The van der Waals surface area contributed by atoms with E-state index in [1.165, 1.54) is 0 Å². The van der Waals surface area contributed by atoms with Crippen molar-refractivity contribution in [2.75, 3.05) is 0 Å². The fourth-order valence-electron chi connectivity index (χ4n) is 2.48. The Hall–Kier alpha value is -2.44. The number of carboxylic acids is 1. The van der Waals surface area contributed by atoms with Crippen LogP contribution < -0.4 is 5.32 Å². The molecular weight excluding hydrogens is 284 g/mol. The number of amides is 1. The molecule has 0 aliphatic heterocycles. The average Bonchev–Trinajstić information content (AvgIpc) is 3.10. The van der Waals surface area contributed by atoms with Crippen molar-refractivity contribution in [2.45, 2.75) is 45.2 Å². The van der Waals surface area contributed by atoms with Crippen molar-refractivity contribution in [2.24, 2.45) is 0 Å². The van der Waals surface area contributed by atoms with Crippen LogP contribution in [0.5, 0.6) is 0 Å². The lowest BCUT2D eigenvalue weighted by Gasteiger charge is -2.14. The number of nitrogens with one attached hydrogen (secondary N) is 1. The van der Waals surface area contributed by atoms with Gasteiger partial charge in [0.2, 0.25) is 0 Å². The van der Waals surface area contributed by atoms with Crippen molar-refractivity contribution in [3.63, 3.8) is 0 Å². The Labute approximate surface area is 127 Å². The van der Waals surface area contributed by atoms with E-state index in [0.29, 0.717) is 24.1 Å². The topological polar surface area (TPSA) is 97.1 Å². The van der Waals surface area contributed by atoms with Crippen LogP contribution in [0.4, 0.5) is 0 Å². The lowest BCUT2D eigenvalue weighted by Crippen LogP contribution is -2.43. The number of pyridine rings is 1. The number of carboxylic acid groups (broad SMARTS) is 1. The summed E-state index contributed by atoms with van der Waals surface area (Å²) in [6.45, 7) is 5.76. The zero-order valence-corrected chi connectivity index (χ0v) is 12.8. The van der Waals surface area contributed by atoms with Crippen molar-refractivity contribution in [1.82, 2.24) is 20.1 Å². The normalized spacial score (nSPS) is 16.0. The van der Waals surface area contributed by atoms with Crippen LogP contribution in [0.2, 0.25) is 0 Å². The van der Waals surface area contributed by atoms with E-state index in [9.17, 15) is 9.59 Å². The summed E-state index contributed by atoms with van der Waals surface area (Å²) in [5, 5.41) is 16.8. The number of hydrogen-bond acceptors (Lipinski definition) is 4. The van der Waals surface area contributed by atoms with Gasteiger partial charge in [0.15, 0.2) is 5.65 Å². The van der Waals surface area contributed by atoms with Gasteiger partial charge in [0, 0.05) is 11.4 Å². The van der Waals surface area contributed by atoms with E-state index < -0.39 is 17.4 Å². The maximum absolute atomic E-state index is 12.4. The van der Waals surface area contributed by atoms with Gasteiger partial charge in [-0.25, -0.2) is 14.5 Å². The maximum Gasteiger partial charge on any atom is 0.329 e. The van der Waals surface area contributed by atoms with Gasteiger partial charge in [-0.1, -0.05) is 0 Å². The van der Waals surface area contributed by atoms with Gasteiger partial charge in [0.25, 0.3) is 5.91 Å². The smallest absolute Gasteiger partial charge is 0.329 e.